The minimum atomic E-state index is -0.325. The number of hydrogen-bond acceptors (Lipinski definition) is 9. The first-order valence-electron chi connectivity index (χ1n) is 10.9. The Morgan fingerprint density at radius 1 is 1.25 bits per heavy atom. The Morgan fingerprint density at radius 2 is 2.03 bits per heavy atom. The molecule has 1 aliphatic rings. The Kier molecular flexibility index (Phi) is 6.99. The summed E-state index contributed by atoms with van der Waals surface area (Å²) in [4.78, 5) is 35.0. The van der Waals surface area contributed by atoms with Crippen molar-refractivity contribution < 1.29 is 9.53 Å². The molecule has 3 aromatic rings. The first kappa shape index (κ1) is 23.0. The third kappa shape index (κ3) is 4.61. The van der Waals surface area contributed by atoms with Crippen molar-refractivity contribution >= 4 is 43.9 Å². The Hall–Kier alpha value is -2.21. The Bertz CT molecular complexity index is 1170. The van der Waals surface area contributed by atoms with Crippen molar-refractivity contribution in [1.82, 2.24) is 24.6 Å². The number of carbonyl (C=O) groups excluding carboxylic acids is 1. The highest BCUT2D eigenvalue weighted by molar-refractivity contribution is 7.18. The van der Waals surface area contributed by atoms with Gasteiger partial charge in [0.25, 0.3) is 5.56 Å². The SMILES string of the molecule is CCN(CC)Cc1nc2sc(C)c(C)c2c(=O)n1CC(=O)Nc1nnc(C2CCCO2)s1. The number of carbonyl (C=O) groups is 1. The zero-order chi connectivity index (χ0) is 22.8. The van der Waals surface area contributed by atoms with Crippen LogP contribution in [-0.4, -0.2) is 50.3 Å². The fourth-order valence-corrected chi connectivity index (χ4v) is 5.67. The second kappa shape index (κ2) is 9.74. The van der Waals surface area contributed by atoms with Crippen molar-refractivity contribution in [3.63, 3.8) is 0 Å². The average Bonchev–Trinajstić information content (AvgIpc) is 3.50. The maximum atomic E-state index is 13.4. The molecule has 9 nitrogen and oxygen atoms in total. The molecule has 4 heterocycles. The lowest BCUT2D eigenvalue weighted by atomic mass is 10.2. The lowest BCUT2D eigenvalue weighted by molar-refractivity contribution is -0.116. The largest absolute Gasteiger partial charge is 0.371 e. The molecule has 0 aliphatic carbocycles. The molecule has 1 unspecified atom stereocenters. The van der Waals surface area contributed by atoms with E-state index in [1.165, 1.54) is 27.2 Å². The maximum Gasteiger partial charge on any atom is 0.263 e. The van der Waals surface area contributed by atoms with Crippen LogP contribution in [0.2, 0.25) is 0 Å². The van der Waals surface area contributed by atoms with Gasteiger partial charge in [-0.1, -0.05) is 25.2 Å². The van der Waals surface area contributed by atoms with Gasteiger partial charge >= 0.3 is 0 Å². The van der Waals surface area contributed by atoms with Crippen LogP contribution < -0.4 is 10.9 Å². The molecule has 1 N–H and O–H groups in total. The topological polar surface area (TPSA) is 102 Å². The number of nitrogens with zero attached hydrogens (tertiary/aromatic N) is 5. The molecule has 0 bridgehead atoms. The number of thiophene rings is 1. The molecule has 1 saturated heterocycles. The number of anilines is 1. The summed E-state index contributed by atoms with van der Waals surface area (Å²) in [6.45, 7) is 10.8. The predicted molar refractivity (Wildman–Crippen MR) is 126 cm³/mol. The van der Waals surface area contributed by atoms with E-state index in [4.69, 9.17) is 9.72 Å². The summed E-state index contributed by atoms with van der Waals surface area (Å²) < 4.78 is 7.13. The molecule has 0 spiro atoms. The number of aromatic nitrogens is 4. The minimum absolute atomic E-state index is 0.0437. The van der Waals surface area contributed by atoms with Crippen LogP contribution in [0.15, 0.2) is 4.79 Å². The van der Waals surface area contributed by atoms with E-state index >= 15 is 0 Å². The molecular formula is C21H28N6O3S2. The van der Waals surface area contributed by atoms with Crippen molar-refractivity contribution in [2.24, 2.45) is 0 Å². The highest BCUT2D eigenvalue weighted by atomic mass is 32.1. The monoisotopic (exact) mass is 476 g/mol. The van der Waals surface area contributed by atoms with E-state index in [9.17, 15) is 9.59 Å². The Balaban J connectivity index is 1.61. The van der Waals surface area contributed by atoms with E-state index in [0.717, 1.165) is 52.8 Å². The number of hydrogen-bond donors (Lipinski definition) is 1. The highest BCUT2D eigenvalue weighted by Crippen LogP contribution is 2.32. The summed E-state index contributed by atoms with van der Waals surface area (Å²) in [5.41, 5.74) is 0.753. The van der Waals surface area contributed by atoms with Crippen LogP contribution in [0, 0.1) is 13.8 Å². The number of rotatable bonds is 8. The second-order valence-electron chi connectivity index (χ2n) is 7.84. The van der Waals surface area contributed by atoms with Crippen molar-refractivity contribution in [2.45, 2.75) is 59.7 Å². The zero-order valence-electron chi connectivity index (χ0n) is 18.8. The summed E-state index contributed by atoms with van der Waals surface area (Å²) in [5, 5.41) is 12.8. The maximum absolute atomic E-state index is 13.4. The molecule has 4 rings (SSSR count). The molecule has 32 heavy (non-hydrogen) atoms. The van der Waals surface area contributed by atoms with Crippen molar-refractivity contribution in [1.29, 1.82) is 0 Å². The van der Waals surface area contributed by atoms with E-state index < -0.39 is 0 Å². The quantitative estimate of drug-likeness (QED) is 0.532. The van der Waals surface area contributed by atoms with Gasteiger partial charge in [0.1, 0.15) is 28.3 Å². The van der Waals surface area contributed by atoms with Gasteiger partial charge in [0.15, 0.2) is 0 Å². The van der Waals surface area contributed by atoms with Crippen LogP contribution in [0.4, 0.5) is 5.13 Å². The van der Waals surface area contributed by atoms with E-state index in [1.54, 1.807) is 0 Å². The average molecular weight is 477 g/mol. The number of ether oxygens (including phenoxy) is 1. The molecule has 0 aromatic carbocycles. The molecule has 1 amide bonds. The van der Waals surface area contributed by atoms with Crippen LogP contribution in [0.3, 0.4) is 0 Å². The smallest absolute Gasteiger partial charge is 0.263 e. The van der Waals surface area contributed by atoms with Crippen LogP contribution in [0.5, 0.6) is 0 Å². The van der Waals surface area contributed by atoms with Crippen molar-refractivity contribution in [3.05, 3.63) is 31.6 Å². The van der Waals surface area contributed by atoms with Crippen LogP contribution in [0.1, 0.15) is 54.1 Å². The molecular weight excluding hydrogens is 448 g/mol. The molecule has 0 radical (unpaired) electrons. The predicted octanol–water partition coefficient (Wildman–Crippen LogP) is 3.26. The molecule has 172 valence electrons. The summed E-state index contributed by atoms with van der Waals surface area (Å²) in [7, 11) is 0. The van der Waals surface area contributed by atoms with Gasteiger partial charge in [0, 0.05) is 11.5 Å². The molecule has 11 heteroatoms. The fourth-order valence-electron chi connectivity index (χ4n) is 3.79. The molecule has 1 fully saturated rings. The van der Waals surface area contributed by atoms with Gasteiger partial charge in [-0.05, 0) is 45.3 Å². The van der Waals surface area contributed by atoms with E-state index in [1.807, 2.05) is 13.8 Å². The van der Waals surface area contributed by atoms with Crippen LogP contribution in [-0.2, 0) is 22.6 Å². The summed E-state index contributed by atoms with van der Waals surface area (Å²) in [6, 6.07) is 0. The van der Waals surface area contributed by atoms with Crippen LogP contribution >= 0.6 is 22.7 Å². The second-order valence-corrected chi connectivity index (χ2v) is 10.1. The van der Waals surface area contributed by atoms with Gasteiger partial charge in [-0.15, -0.1) is 21.5 Å². The first-order valence-corrected chi connectivity index (χ1v) is 12.5. The standard InChI is InChI=1S/C21H28N6O3S2/c1-5-26(6-2)10-15-22-19-17(12(3)13(4)31-19)20(29)27(15)11-16(28)23-21-25-24-18(32-21)14-8-7-9-30-14/h14H,5-11H2,1-4H3,(H,23,25,28). The number of nitrogens with one attached hydrogen (secondary N) is 1. The zero-order valence-corrected chi connectivity index (χ0v) is 20.4. The lowest BCUT2D eigenvalue weighted by Crippen LogP contribution is -2.34. The third-order valence-corrected chi connectivity index (χ3v) is 7.85. The summed E-state index contributed by atoms with van der Waals surface area (Å²) in [5.74, 6) is 0.272. The summed E-state index contributed by atoms with van der Waals surface area (Å²) >= 11 is 2.84. The Labute approximate surface area is 194 Å². The number of aryl methyl sites for hydroxylation is 2. The first-order chi connectivity index (χ1) is 15.4. The molecule has 1 atom stereocenters. The van der Waals surface area contributed by atoms with E-state index in [0.29, 0.717) is 22.9 Å². The van der Waals surface area contributed by atoms with Gasteiger partial charge in [-0.2, -0.15) is 0 Å². The van der Waals surface area contributed by atoms with E-state index in [2.05, 4.69) is 34.3 Å². The molecule has 1 aliphatic heterocycles. The number of amides is 1. The highest BCUT2D eigenvalue weighted by Gasteiger charge is 2.23. The third-order valence-electron chi connectivity index (χ3n) is 5.82. The van der Waals surface area contributed by atoms with Gasteiger partial charge in [0.2, 0.25) is 11.0 Å². The minimum Gasteiger partial charge on any atom is -0.371 e. The van der Waals surface area contributed by atoms with Crippen molar-refractivity contribution in [2.75, 3.05) is 25.0 Å². The van der Waals surface area contributed by atoms with Crippen molar-refractivity contribution in [3.8, 4) is 0 Å². The van der Waals surface area contributed by atoms with Gasteiger partial charge in [-0.25, -0.2) is 4.98 Å². The molecule has 3 aromatic heterocycles. The van der Waals surface area contributed by atoms with Gasteiger partial charge < -0.3 is 4.74 Å². The normalized spacial score (nSPS) is 16.3. The molecule has 0 saturated carbocycles. The lowest BCUT2D eigenvalue weighted by Gasteiger charge is -2.20. The van der Waals surface area contributed by atoms with Gasteiger partial charge in [-0.3, -0.25) is 24.4 Å². The number of fused-ring (bicyclic) bond motifs is 1. The Morgan fingerprint density at radius 3 is 2.72 bits per heavy atom. The van der Waals surface area contributed by atoms with Crippen LogP contribution in [0.25, 0.3) is 10.2 Å². The fraction of sp³-hybridized carbons (Fsp3) is 0.571. The van der Waals surface area contributed by atoms with E-state index in [-0.39, 0.29) is 24.1 Å². The summed E-state index contributed by atoms with van der Waals surface area (Å²) in [6.07, 6.45) is 1.87. The van der Waals surface area contributed by atoms with Gasteiger partial charge in [0.05, 0.1) is 11.9 Å².